The van der Waals surface area contributed by atoms with Crippen LogP contribution in [-0.2, 0) is 0 Å². The van der Waals surface area contributed by atoms with E-state index < -0.39 is 5.60 Å². The minimum absolute atomic E-state index is 0.206. The predicted molar refractivity (Wildman–Crippen MR) is 77.8 cm³/mol. The Kier molecular flexibility index (Phi) is 5.25. The molecule has 0 saturated carbocycles. The Morgan fingerprint density at radius 3 is 2.40 bits per heavy atom. The second kappa shape index (κ2) is 6.33. The largest absolute Gasteiger partial charge is 0.493 e. The number of ether oxygens (including phenoxy) is 2. The first-order chi connectivity index (χ1) is 9.19. The molecule has 5 nitrogen and oxygen atoms in total. The summed E-state index contributed by atoms with van der Waals surface area (Å²) in [6, 6.07) is 3.08. The number of methoxy groups -OCH3 is 2. The second-order valence-electron chi connectivity index (χ2n) is 5.17. The maximum Gasteiger partial charge on any atom is 0.253 e. The Balaban J connectivity index is 3.08. The molecular weight excluding hydrogens is 282 g/mol. The Labute approximate surface area is 124 Å². The molecule has 20 heavy (non-hydrogen) atoms. The summed E-state index contributed by atoms with van der Waals surface area (Å²) >= 11 is 6.07. The summed E-state index contributed by atoms with van der Waals surface area (Å²) in [5, 5.41) is 10.1. The standard InChI is InChI=1S/C14H20ClNO4/c1-14(2,18)8-16(3)13(17)9-6-10(15)12(20-5)11(7-9)19-4/h6-7,18H,8H2,1-5H3. The first-order valence-electron chi connectivity index (χ1n) is 6.09. The van der Waals surface area contributed by atoms with Crippen molar-refractivity contribution in [2.24, 2.45) is 0 Å². The molecule has 0 saturated heterocycles. The van der Waals surface area contributed by atoms with Gasteiger partial charge in [-0.05, 0) is 26.0 Å². The molecule has 1 rings (SSSR count). The lowest BCUT2D eigenvalue weighted by molar-refractivity contribution is 0.0367. The van der Waals surface area contributed by atoms with E-state index in [1.54, 1.807) is 27.0 Å². The number of likely N-dealkylation sites (N-methyl/N-ethyl adjacent to an activating group) is 1. The fourth-order valence-electron chi connectivity index (χ4n) is 1.91. The van der Waals surface area contributed by atoms with Crippen LogP contribution in [0.25, 0.3) is 0 Å². The van der Waals surface area contributed by atoms with Crippen LogP contribution in [-0.4, -0.2) is 49.3 Å². The van der Waals surface area contributed by atoms with Gasteiger partial charge in [0.05, 0.1) is 24.8 Å². The van der Waals surface area contributed by atoms with Crippen LogP contribution in [0.1, 0.15) is 24.2 Å². The number of aliphatic hydroxyl groups is 1. The minimum Gasteiger partial charge on any atom is -0.493 e. The van der Waals surface area contributed by atoms with Gasteiger partial charge in [-0.25, -0.2) is 0 Å². The zero-order valence-corrected chi connectivity index (χ0v) is 13.1. The molecule has 0 unspecified atom stereocenters. The van der Waals surface area contributed by atoms with Gasteiger partial charge in [0.1, 0.15) is 0 Å². The van der Waals surface area contributed by atoms with Crippen molar-refractivity contribution in [2.45, 2.75) is 19.4 Å². The summed E-state index contributed by atoms with van der Waals surface area (Å²) in [5.74, 6) is 0.519. The minimum atomic E-state index is -0.967. The molecule has 1 aromatic rings. The average molecular weight is 302 g/mol. The molecule has 0 bridgehead atoms. The van der Waals surface area contributed by atoms with Crippen LogP contribution in [0.2, 0.25) is 5.02 Å². The van der Waals surface area contributed by atoms with Crippen LogP contribution in [0, 0.1) is 0 Å². The number of halogens is 1. The van der Waals surface area contributed by atoms with Gasteiger partial charge in [0.25, 0.3) is 5.91 Å². The first-order valence-corrected chi connectivity index (χ1v) is 6.46. The summed E-state index contributed by atoms with van der Waals surface area (Å²) in [7, 11) is 4.57. The number of hydrogen-bond acceptors (Lipinski definition) is 4. The van der Waals surface area contributed by atoms with Crippen LogP contribution in [0.3, 0.4) is 0 Å². The monoisotopic (exact) mass is 301 g/mol. The molecule has 112 valence electrons. The van der Waals surface area contributed by atoms with Gasteiger partial charge in [-0.2, -0.15) is 0 Å². The highest BCUT2D eigenvalue weighted by atomic mass is 35.5. The molecule has 0 spiro atoms. The predicted octanol–water partition coefficient (Wildman–Crippen LogP) is 2.20. The lowest BCUT2D eigenvalue weighted by Gasteiger charge is -2.26. The van der Waals surface area contributed by atoms with Crippen molar-refractivity contribution in [1.29, 1.82) is 0 Å². The summed E-state index contributed by atoms with van der Waals surface area (Å²) in [6.45, 7) is 3.48. The second-order valence-corrected chi connectivity index (χ2v) is 5.57. The third kappa shape index (κ3) is 4.02. The van der Waals surface area contributed by atoms with E-state index >= 15 is 0 Å². The molecular formula is C14H20ClNO4. The number of carbonyl (C=O) groups is 1. The Hall–Kier alpha value is -1.46. The quantitative estimate of drug-likeness (QED) is 0.906. The van der Waals surface area contributed by atoms with Crippen LogP contribution in [0.15, 0.2) is 12.1 Å². The van der Waals surface area contributed by atoms with E-state index in [9.17, 15) is 9.90 Å². The summed E-state index contributed by atoms with van der Waals surface area (Å²) in [6.07, 6.45) is 0. The van der Waals surface area contributed by atoms with Crippen LogP contribution in [0.4, 0.5) is 0 Å². The Morgan fingerprint density at radius 1 is 1.35 bits per heavy atom. The molecule has 1 amide bonds. The van der Waals surface area contributed by atoms with E-state index in [1.165, 1.54) is 25.2 Å². The number of nitrogens with zero attached hydrogens (tertiary/aromatic N) is 1. The molecule has 1 aromatic carbocycles. The maximum absolute atomic E-state index is 12.3. The molecule has 0 radical (unpaired) electrons. The molecule has 0 atom stereocenters. The number of hydrogen-bond donors (Lipinski definition) is 1. The van der Waals surface area contributed by atoms with Crippen molar-refractivity contribution in [3.05, 3.63) is 22.7 Å². The zero-order chi connectivity index (χ0) is 15.5. The van der Waals surface area contributed by atoms with Crippen molar-refractivity contribution in [2.75, 3.05) is 27.8 Å². The smallest absolute Gasteiger partial charge is 0.253 e. The van der Waals surface area contributed by atoms with Crippen molar-refractivity contribution < 1.29 is 19.4 Å². The molecule has 6 heteroatoms. The van der Waals surface area contributed by atoms with Crippen LogP contribution in [0.5, 0.6) is 11.5 Å². The SMILES string of the molecule is COc1cc(C(=O)N(C)CC(C)(C)O)cc(Cl)c1OC. The third-order valence-corrected chi connectivity index (χ3v) is 2.93. The Bertz CT molecular complexity index is 497. The van der Waals surface area contributed by atoms with Gasteiger partial charge < -0.3 is 19.5 Å². The molecule has 0 aromatic heterocycles. The van der Waals surface area contributed by atoms with E-state index in [2.05, 4.69) is 0 Å². The number of amides is 1. The van der Waals surface area contributed by atoms with E-state index in [1.807, 2.05) is 0 Å². The van der Waals surface area contributed by atoms with Gasteiger partial charge in [-0.1, -0.05) is 11.6 Å². The lowest BCUT2D eigenvalue weighted by atomic mass is 10.1. The van der Waals surface area contributed by atoms with Crippen molar-refractivity contribution in [3.63, 3.8) is 0 Å². The van der Waals surface area contributed by atoms with Gasteiger partial charge in [0.2, 0.25) is 0 Å². The van der Waals surface area contributed by atoms with Gasteiger partial charge in [0, 0.05) is 19.2 Å². The number of rotatable bonds is 5. The molecule has 0 heterocycles. The number of benzene rings is 1. The first kappa shape index (κ1) is 16.6. The topological polar surface area (TPSA) is 59.0 Å². The molecule has 0 aliphatic rings. The van der Waals surface area contributed by atoms with Crippen molar-refractivity contribution in [3.8, 4) is 11.5 Å². The molecule has 1 N–H and O–H groups in total. The molecule has 0 aliphatic heterocycles. The maximum atomic E-state index is 12.3. The van der Waals surface area contributed by atoms with E-state index in [0.717, 1.165) is 0 Å². The lowest BCUT2D eigenvalue weighted by Crippen LogP contribution is -2.39. The highest BCUT2D eigenvalue weighted by Gasteiger charge is 2.22. The zero-order valence-electron chi connectivity index (χ0n) is 12.4. The normalized spacial score (nSPS) is 11.2. The van der Waals surface area contributed by atoms with Crippen molar-refractivity contribution >= 4 is 17.5 Å². The van der Waals surface area contributed by atoms with Gasteiger partial charge in [0.15, 0.2) is 11.5 Å². The Morgan fingerprint density at radius 2 is 1.95 bits per heavy atom. The number of carbonyl (C=O) groups excluding carboxylic acids is 1. The van der Waals surface area contributed by atoms with Gasteiger partial charge in [-0.3, -0.25) is 4.79 Å². The summed E-state index contributed by atoms with van der Waals surface area (Å²) in [5.41, 5.74) is -0.593. The summed E-state index contributed by atoms with van der Waals surface area (Å²) in [4.78, 5) is 13.7. The van der Waals surface area contributed by atoms with Gasteiger partial charge >= 0.3 is 0 Å². The average Bonchev–Trinajstić information content (AvgIpc) is 2.34. The van der Waals surface area contributed by atoms with E-state index in [4.69, 9.17) is 21.1 Å². The highest BCUT2D eigenvalue weighted by Crippen LogP contribution is 2.36. The highest BCUT2D eigenvalue weighted by molar-refractivity contribution is 6.32. The van der Waals surface area contributed by atoms with E-state index in [-0.39, 0.29) is 12.5 Å². The summed E-state index contributed by atoms with van der Waals surface area (Å²) < 4.78 is 10.3. The molecule has 0 fully saturated rings. The van der Waals surface area contributed by atoms with Gasteiger partial charge in [-0.15, -0.1) is 0 Å². The fraction of sp³-hybridized carbons (Fsp3) is 0.500. The van der Waals surface area contributed by atoms with Crippen molar-refractivity contribution in [1.82, 2.24) is 4.90 Å². The van der Waals surface area contributed by atoms with Crippen LogP contribution >= 0.6 is 11.6 Å². The third-order valence-electron chi connectivity index (χ3n) is 2.65. The molecule has 0 aliphatic carbocycles. The van der Waals surface area contributed by atoms with E-state index in [0.29, 0.717) is 22.1 Å². The van der Waals surface area contributed by atoms with Crippen LogP contribution < -0.4 is 9.47 Å². The fourth-order valence-corrected chi connectivity index (χ4v) is 2.20.